The second kappa shape index (κ2) is 12.5. The summed E-state index contributed by atoms with van der Waals surface area (Å²) in [6.07, 6.45) is 1.42. The van der Waals surface area contributed by atoms with E-state index in [0.29, 0.717) is 39.9 Å². The number of hydrogen-bond acceptors (Lipinski definition) is 7. The summed E-state index contributed by atoms with van der Waals surface area (Å²) in [5, 5.41) is 14.2. The second-order valence-electron chi connectivity index (χ2n) is 7.22. The SMILES string of the molecule is COc1ccccc1NC(=O)C(=Cc1ccc(OCC#N)c(OC)c1)C(=O)Nc1ccccc1OC. The molecule has 2 amide bonds. The van der Waals surface area contributed by atoms with Crippen LogP contribution in [0.4, 0.5) is 11.4 Å². The summed E-state index contributed by atoms with van der Waals surface area (Å²) < 4.78 is 21.3. The van der Waals surface area contributed by atoms with Crippen LogP contribution >= 0.6 is 0 Å². The summed E-state index contributed by atoms with van der Waals surface area (Å²) in [6.45, 7) is -0.153. The van der Waals surface area contributed by atoms with Crippen LogP contribution < -0.4 is 29.6 Å². The lowest BCUT2D eigenvalue weighted by Crippen LogP contribution is -2.25. The van der Waals surface area contributed by atoms with Gasteiger partial charge in [-0.1, -0.05) is 30.3 Å². The molecular formula is C27H25N3O6. The molecule has 0 spiro atoms. The number of methoxy groups -OCH3 is 3. The average molecular weight is 488 g/mol. The van der Waals surface area contributed by atoms with Gasteiger partial charge in [0.15, 0.2) is 18.1 Å². The minimum absolute atomic E-state index is 0.153. The first-order valence-electron chi connectivity index (χ1n) is 10.8. The van der Waals surface area contributed by atoms with Gasteiger partial charge < -0.3 is 29.6 Å². The van der Waals surface area contributed by atoms with Crippen molar-refractivity contribution >= 4 is 29.3 Å². The number of anilines is 2. The van der Waals surface area contributed by atoms with Crippen LogP contribution in [0.1, 0.15) is 5.56 Å². The predicted molar refractivity (Wildman–Crippen MR) is 135 cm³/mol. The monoisotopic (exact) mass is 487 g/mol. The molecule has 36 heavy (non-hydrogen) atoms. The van der Waals surface area contributed by atoms with E-state index >= 15 is 0 Å². The zero-order valence-corrected chi connectivity index (χ0v) is 20.0. The van der Waals surface area contributed by atoms with Gasteiger partial charge in [-0.05, 0) is 48.0 Å². The predicted octanol–water partition coefficient (Wildman–Crippen LogP) is 4.28. The van der Waals surface area contributed by atoms with E-state index < -0.39 is 11.8 Å². The lowest BCUT2D eigenvalue weighted by Gasteiger charge is -2.14. The van der Waals surface area contributed by atoms with Gasteiger partial charge in [0.1, 0.15) is 23.1 Å². The van der Waals surface area contributed by atoms with Crippen molar-refractivity contribution in [1.29, 1.82) is 5.26 Å². The fraction of sp³-hybridized carbons (Fsp3) is 0.148. The molecule has 0 aliphatic rings. The number of para-hydroxylation sites is 4. The van der Waals surface area contributed by atoms with Crippen molar-refractivity contribution in [2.75, 3.05) is 38.6 Å². The molecule has 0 saturated carbocycles. The first-order chi connectivity index (χ1) is 17.5. The van der Waals surface area contributed by atoms with Gasteiger partial charge in [0.25, 0.3) is 11.8 Å². The van der Waals surface area contributed by atoms with Crippen LogP contribution in [0, 0.1) is 11.3 Å². The van der Waals surface area contributed by atoms with Gasteiger partial charge in [0, 0.05) is 0 Å². The Balaban J connectivity index is 2.00. The number of carbonyl (C=O) groups excluding carboxylic acids is 2. The molecule has 0 fully saturated rings. The number of nitriles is 1. The van der Waals surface area contributed by atoms with Crippen LogP contribution in [-0.2, 0) is 9.59 Å². The fourth-order valence-electron chi connectivity index (χ4n) is 3.28. The van der Waals surface area contributed by atoms with Crippen molar-refractivity contribution in [3.05, 3.63) is 77.9 Å². The van der Waals surface area contributed by atoms with E-state index in [0.717, 1.165) is 0 Å². The molecule has 0 aliphatic heterocycles. The van der Waals surface area contributed by atoms with E-state index in [1.54, 1.807) is 66.7 Å². The van der Waals surface area contributed by atoms with Crippen molar-refractivity contribution in [2.45, 2.75) is 0 Å². The van der Waals surface area contributed by atoms with Gasteiger partial charge >= 0.3 is 0 Å². The Hall–Kier alpha value is -4.97. The normalized spacial score (nSPS) is 9.83. The Labute approximate surface area is 208 Å². The van der Waals surface area contributed by atoms with Crippen molar-refractivity contribution in [3.63, 3.8) is 0 Å². The Kier molecular flexibility index (Phi) is 8.89. The maximum absolute atomic E-state index is 13.3. The summed E-state index contributed by atoms with van der Waals surface area (Å²) in [4.78, 5) is 26.6. The van der Waals surface area contributed by atoms with Gasteiger partial charge in [-0.3, -0.25) is 9.59 Å². The molecule has 0 aromatic heterocycles. The molecule has 2 N–H and O–H groups in total. The highest BCUT2D eigenvalue weighted by Gasteiger charge is 2.21. The summed E-state index contributed by atoms with van der Waals surface area (Å²) in [5.74, 6) is 0.265. The molecule has 0 atom stereocenters. The number of rotatable bonds is 10. The van der Waals surface area contributed by atoms with Gasteiger partial charge in [0.05, 0.1) is 32.7 Å². The third-order valence-corrected chi connectivity index (χ3v) is 4.99. The van der Waals surface area contributed by atoms with E-state index in [2.05, 4.69) is 10.6 Å². The minimum Gasteiger partial charge on any atom is -0.495 e. The van der Waals surface area contributed by atoms with E-state index in [4.69, 9.17) is 24.2 Å². The van der Waals surface area contributed by atoms with E-state index in [1.807, 2.05) is 6.07 Å². The number of nitrogens with one attached hydrogen (secondary N) is 2. The largest absolute Gasteiger partial charge is 0.495 e. The number of nitrogens with zero attached hydrogens (tertiary/aromatic N) is 1. The Morgan fingerprint density at radius 3 is 1.81 bits per heavy atom. The van der Waals surface area contributed by atoms with Crippen LogP contribution in [0.25, 0.3) is 6.08 Å². The molecule has 0 bridgehead atoms. The quantitative estimate of drug-likeness (QED) is 0.249. The highest BCUT2D eigenvalue weighted by molar-refractivity contribution is 6.29. The zero-order chi connectivity index (χ0) is 25.9. The van der Waals surface area contributed by atoms with Crippen molar-refractivity contribution < 1.29 is 28.5 Å². The molecule has 0 saturated heterocycles. The van der Waals surface area contributed by atoms with Crippen LogP contribution in [0.2, 0.25) is 0 Å². The Morgan fingerprint density at radius 1 is 0.778 bits per heavy atom. The summed E-state index contributed by atoms with van der Waals surface area (Å²) in [6, 6.07) is 20.4. The number of ether oxygens (including phenoxy) is 4. The fourth-order valence-corrected chi connectivity index (χ4v) is 3.28. The average Bonchev–Trinajstić information content (AvgIpc) is 2.91. The molecule has 0 radical (unpaired) electrons. The zero-order valence-electron chi connectivity index (χ0n) is 20.0. The van der Waals surface area contributed by atoms with Crippen LogP contribution in [-0.4, -0.2) is 39.8 Å². The van der Waals surface area contributed by atoms with Crippen molar-refractivity contribution in [1.82, 2.24) is 0 Å². The molecule has 0 heterocycles. The van der Waals surface area contributed by atoms with Crippen molar-refractivity contribution in [3.8, 4) is 29.1 Å². The molecule has 3 rings (SSSR count). The lowest BCUT2D eigenvalue weighted by molar-refractivity contribution is -0.118. The van der Waals surface area contributed by atoms with Gasteiger partial charge in [-0.25, -0.2) is 0 Å². The minimum atomic E-state index is -0.657. The lowest BCUT2D eigenvalue weighted by atomic mass is 10.1. The number of carbonyl (C=O) groups is 2. The number of amides is 2. The van der Waals surface area contributed by atoms with Crippen LogP contribution in [0.3, 0.4) is 0 Å². The van der Waals surface area contributed by atoms with Gasteiger partial charge in [0.2, 0.25) is 0 Å². The summed E-state index contributed by atoms with van der Waals surface area (Å²) >= 11 is 0. The van der Waals surface area contributed by atoms with E-state index in [9.17, 15) is 9.59 Å². The molecule has 9 nitrogen and oxygen atoms in total. The molecule has 0 unspecified atom stereocenters. The highest BCUT2D eigenvalue weighted by atomic mass is 16.5. The first kappa shape index (κ1) is 25.6. The second-order valence-corrected chi connectivity index (χ2v) is 7.22. The number of benzene rings is 3. The molecule has 0 aliphatic carbocycles. The topological polar surface area (TPSA) is 119 Å². The first-order valence-corrected chi connectivity index (χ1v) is 10.8. The van der Waals surface area contributed by atoms with E-state index in [-0.39, 0.29) is 12.2 Å². The van der Waals surface area contributed by atoms with E-state index in [1.165, 1.54) is 27.4 Å². The molecule has 3 aromatic carbocycles. The standard InChI is InChI=1S/C27H25N3O6/c1-33-22-10-6-4-8-20(22)29-26(31)19(27(32)30-21-9-5-7-11-23(21)34-2)16-18-12-13-24(36-15-14-28)25(17-18)35-3/h4-13,16-17H,15H2,1-3H3,(H,29,31)(H,30,32). The molecule has 184 valence electrons. The number of hydrogen-bond donors (Lipinski definition) is 2. The Morgan fingerprint density at radius 2 is 1.31 bits per heavy atom. The third kappa shape index (κ3) is 6.33. The van der Waals surface area contributed by atoms with Crippen LogP contribution in [0.15, 0.2) is 72.3 Å². The smallest absolute Gasteiger partial charge is 0.261 e. The highest BCUT2D eigenvalue weighted by Crippen LogP contribution is 2.30. The van der Waals surface area contributed by atoms with Gasteiger partial charge in [-0.2, -0.15) is 5.26 Å². The summed E-state index contributed by atoms with van der Waals surface area (Å²) in [7, 11) is 4.42. The third-order valence-electron chi connectivity index (χ3n) is 4.99. The van der Waals surface area contributed by atoms with Gasteiger partial charge in [-0.15, -0.1) is 0 Å². The maximum atomic E-state index is 13.3. The Bertz CT molecular complexity index is 1250. The molecule has 3 aromatic rings. The van der Waals surface area contributed by atoms with Crippen LogP contribution in [0.5, 0.6) is 23.0 Å². The molecule has 9 heteroatoms. The van der Waals surface area contributed by atoms with Crippen molar-refractivity contribution in [2.24, 2.45) is 0 Å². The molecular weight excluding hydrogens is 462 g/mol. The maximum Gasteiger partial charge on any atom is 0.261 e. The summed E-state index contributed by atoms with van der Waals surface area (Å²) in [5.41, 5.74) is 1.12.